The highest BCUT2D eigenvalue weighted by atomic mass is 32.1. The van der Waals surface area contributed by atoms with Gasteiger partial charge in [-0.1, -0.05) is 30.3 Å². The summed E-state index contributed by atoms with van der Waals surface area (Å²) in [6, 6.07) is 18.4. The zero-order chi connectivity index (χ0) is 21.5. The topological polar surface area (TPSA) is 107 Å². The van der Waals surface area contributed by atoms with Gasteiger partial charge in [0.25, 0.3) is 0 Å². The van der Waals surface area contributed by atoms with Gasteiger partial charge in [-0.3, -0.25) is 0 Å². The molecule has 0 saturated carbocycles. The summed E-state index contributed by atoms with van der Waals surface area (Å²) in [5.41, 5.74) is 8.97. The van der Waals surface area contributed by atoms with Gasteiger partial charge in [0.15, 0.2) is 10.4 Å². The van der Waals surface area contributed by atoms with Crippen LogP contribution in [0.5, 0.6) is 5.75 Å². The molecule has 0 radical (unpaired) electrons. The third-order valence-corrected chi connectivity index (χ3v) is 5.23. The molecule has 5 aromatic rings. The van der Waals surface area contributed by atoms with Gasteiger partial charge >= 0.3 is 5.63 Å². The number of hydrogen-bond donors (Lipinski definition) is 2. The zero-order valence-corrected chi connectivity index (χ0v) is 17.2. The maximum Gasteiger partial charge on any atom is 0.345 e. The molecule has 152 valence electrons. The average Bonchev–Trinajstić information content (AvgIpc) is 2.77. The van der Waals surface area contributed by atoms with Crippen LogP contribution in [0.25, 0.3) is 44.4 Å². The molecule has 0 fully saturated rings. The van der Waals surface area contributed by atoms with E-state index < -0.39 is 5.63 Å². The maximum absolute atomic E-state index is 12.7. The summed E-state index contributed by atoms with van der Waals surface area (Å²) in [7, 11) is 1.61. The number of nitrogen functional groups attached to an aromatic ring is 1. The minimum absolute atomic E-state index is 0.209. The quantitative estimate of drug-likeness (QED) is 0.316. The Morgan fingerprint density at radius 3 is 2.58 bits per heavy atom. The van der Waals surface area contributed by atoms with Gasteiger partial charge in [0.2, 0.25) is 0 Å². The highest BCUT2D eigenvalue weighted by molar-refractivity contribution is 7.71. The van der Waals surface area contributed by atoms with Crippen molar-refractivity contribution in [3.8, 4) is 28.1 Å². The lowest BCUT2D eigenvalue weighted by atomic mass is 10.00. The van der Waals surface area contributed by atoms with Crippen LogP contribution in [0.1, 0.15) is 0 Å². The summed E-state index contributed by atoms with van der Waals surface area (Å²) in [5.74, 6) is 1.08. The molecule has 0 aliphatic rings. The first-order chi connectivity index (χ1) is 15.0. The Hall–Kier alpha value is -4.04. The van der Waals surface area contributed by atoms with Crippen LogP contribution >= 0.6 is 12.2 Å². The molecule has 5 rings (SSSR count). The standard InChI is InChI=1S/C23H16N4O3S/c1-29-14-8-6-12(7-9-14)15-11-17(25-21-19(15)20(24)26-23(31)27-21)16-10-13-4-2-3-5-18(13)30-22(16)28/h2-11H,1H3,(H3,24,25,26,27,31). The first kappa shape index (κ1) is 19.0. The van der Waals surface area contributed by atoms with Crippen molar-refractivity contribution in [1.82, 2.24) is 15.0 Å². The number of nitrogens with zero attached hydrogens (tertiary/aromatic N) is 2. The fraction of sp³-hybridized carbons (Fsp3) is 0.0435. The van der Waals surface area contributed by atoms with Gasteiger partial charge in [0.1, 0.15) is 17.2 Å². The molecule has 2 aromatic carbocycles. The minimum atomic E-state index is -0.486. The van der Waals surface area contributed by atoms with Crippen LogP contribution in [-0.2, 0) is 0 Å². The van der Waals surface area contributed by atoms with E-state index in [0.29, 0.717) is 33.7 Å². The van der Waals surface area contributed by atoms with Gasteiger partial charge in [0, 0.05) is 5.39 Å². The molecule has 0 amide bonds. The minimum Gasteiger partial charge on any atom is -0.497 e. The second kappa shape index (κ2) is 7.33. The Labute approximate surface area is 181 Å². The summed E-state index contributed by atoms with van der Waals surface area (Å²) < 4.78 is 11.0. The molecule has 0 saturated heterocycles. The predicted octanol–water partition coefficient (Wildman–Crippen LogP) is 4.72. The van der Waals surface area contributed by atoms with E-state index in [-0.39, 0.29) is 4.77 Å². The summed E-state index contributed by atoms with van der Waals surface area (Å²) in [6.07, 6.45) is 0. The highest BCUT2D eigenvalue weighted by Crippen LogP contribution is 2.34. The number of benzene rings is 2. The van der Waals surface area contributed by atoms with Crippen molar-refractivity contribution in [3.05, 3.63) is 75.9 Å². The number of nitrogens with one attached hydrogen (secondary N) is 1. The molecule has 0 aliphatic heterocycles. The van der Waals surface area contributed by atoms with E-state index in [4.69, 9.17) is 27.1 Å². The Bertz CT molecular complexity index is 1570. The number of aromatic amines is 1. The maximum atomic E-state index is 12.7. The van der Waals surface area contributed by atoms with Gasteiger partial charge in [-0.05, 0) is 53.7 Å². The summed E-state index contributed by atoms with van der Waals surface area (Å²) in [4.78, 5) is 24.6. The summed E-state index contributed by atoms with van der Waals surface area (Å²) in [6.45, 7) is 0. The Morgan fingerprint density at radius 2 is 1.81 bits per heavy atom. The van der Waals surface area contributed by atoms with E-state index in [1.807, 2.05) is 42.5 Å². The van der Waals surface area contributed by atoms with Crippen LogP contribution in [0.15, 0.2) is 69.9 Å². The number of para-hydroxylation sites is 1. The highest BCUT2D eigenvalue weighted by Gasteiger charge is 2.16. The summed E-state index contributed by atoms with van der Waals surface area (Å²) >= 11 is 5.19. The molecule has 0 atom stereocenters. The SMILES string of the molecule is COc1ccc(-c2cc(-c3cc4ccccc4oc3=O)nc3nc(=S)[nH]c(N)c23)cc1. The van der Waals surface area contributed by atoms with Gasteiger partial charge < -0.3 is 19.9 Å². The Balaban J connectivity index is 1.83. The van der Waals surface area contributed by atoms with E-state index in [0.717, 1.165) is 22.3 Å². The molecule has 0 unspecified atom stereocenters. The number of anilines is 1. The molecule has 0 spiro atoms. The van der Waals surface area contributed by atoms with Crippen LogP contribution in [-0.4, -0.2) is 22.1 Å². The number of fused-ring (bicyclic) bond motifs is 2. The van der Waals surface area contributed by atoms with Crippen LogP contribution in [0.3, 0.4) is 0 Å². The largest absolute Gasteiger partial charge is 0.497 e. The average molecular weight is 428 g/mol. The lowest BCUT2D eigenvalue weighted by Crippen LogP contribution is -2.06. The van der Waals surface area contributed by atoms with Crippen LogP contribution < -0.4 is 16.1 Å². The van der Waals surface area contributed by atoms with Crippen molar-refractivity contribution < 1.29 is 9.15 Å². The first-order valence-electron chi connectivity index (χ1n) is 9.42. The van der Waals surface area contributed by atoms with Crippen molar-refractivity contribution >= 4 is 40.0 Å². The molecule has 3 heterocycles. The molecule has 0 bridgehead atoms. The van der Waals surface area contributed by atoms with Gasteiger partial charge in [-0.25, -0.2) is 9.78 Å². The smallest absolute Gasteiger partial charge is 0.345 e. The van der Waals surface area contributed by atoms with E-state index >= 15 is 0 Å². The number of H-pyrrole nitrogens is 1. The molecule has 0 aliphatic carbocycles. The van der Waals surface area contributed by atoms with Crippen LogP contribution in [0.4, 0.5) is 5.82 Å². The fourth-order valence-corrected chi connectivity index (χ4v) is 3.75. The van der Waals surface area contributed by atoms with Crippen molar-refractivity contribution in [1.29, 1.82) is 0 Å². The fourth-order valence-electron chi connectivity index (χ4n) is 3.56. The number of pyridine rings is 1. The molecular weight excluding hydrogens is 412 g/mol. The monoisotopic (exact) mass is 428 g/mol. The second-order valence-corrected chi connectivity index (χ2v) is 7.31. The molecule has 31 heavy (non-hydrogen) atoms. The lowest BCUT2D eigenvalue weighted by Gasteiger charge is -2.12. The molecule has 3 aromatic heterocycles. The van der Waals surface area contributed by atoms with Crippen molar-refractivity contribution in [2.24, 2.45) is 0 Å². The van der Waals surface area contributed by atoms with E-state index in [1.165, 1.54) is 0 Å². The number of aromatic nitrogens is 3. The van der Waals surface area contributed by atoms with Crippen molar-refractivity contribution in [3.63, 3.8) is 0 Å². The predicted molar refractivity (Wildman–Crippen MR) is 123 cm³/mol. The lowest BCUT2D eigenvalue weighted by molar-refractivity contribution is 0.415. The van der Waals surface area contributed by atoms with Crippen molar-refractivity contribution in [2.45, 2.75) is 0 Å². The Morgan fingerprint density at radius 1 is 1.03 bits per heavy atom. The number of methoxy groups -OCH3 is 1. The third-order valence-electron chi connectivity index (χ3n) is 5.04. The van der Waals surface area contributed by atoms with Gasteiger partial charge in [-0.15, -0.1) is 0 Å². The molecule has 3 N–H and O–H groups in total. The van der Waals surface area contributed by atoms with Crippen molar-refractivity contribution in [2.75, 3.05) is 12.8 Å². The number of nitrogens with two attached hydrogens (primary N) is 1. The number of hydrogen-bond acceptors (Lipinski definition) is 7. The number of rotatable bonds is 3. The molecule has 8 heteroatoms. The van der Waals surface area contributed by atoms with E-state index in [2.05, 4.69) is 15.0 Å². The third kappa shape index (κ3) is 3.32. The first-order valence-corrected chi connectivity index (χ1v) is 9.82. The van der Waals surface area contributed by atoms with E-state index in [9.17, 15) is 4.79 Å². The number of ether oxygens (including phenoxy) is 1. The van der Waals surface area contributed by atoms with Gasteiger partial charge in [0.05, 0.1) is 23.8 Å². The van der Waals surface area contributed by atoms with Crippen LogP contribution in [0, 0.1) is 4.77 Å². The normalized spacial score (nSPS) is 11.1. The Kier molecular flexibility index (Phi) is 4.48. The zero-order valence-electron chi connectivity index (χ0n) is 16.4. The van der Waals surface area contributed by atoms with Crippen LogP contribution in [0.2, 0.25) is 0 Å². The van der Waals surface area contributed by atoms with Gasteiger partial charge in [-0.2, -0.15) is 4.98 Å². The molecular formula is C23H16N4O3S. The second-order valence-electron chi connectivity index (χ2n) is 6.92. The molecule has 7 nitrogen and oxygen atoms in total. The van der Waals surface area contributed by atoms with E-state index in [1.54, 1.807) is 25.3 Å². The summed E-state index contributed by atoms with van der Waals surface area (Å²) in [5, 5.41) is 1.41.